The van der Waals surface area contributed by atoms with Crippen molar-refractivity contribution in [2.75, 3.05) is 0 Å². The largest absolute Gasteiger partial charge is 0.489 e. The van der Waals surface area contributed by atoms with Gasteiger partial charge in [0.15, 0.2) is 0 Å². The molecular weight excluding hydrogens is 414 g/mol. The Balaban J connectivity index is 1.39. The number of ether oxygens (including phenoxy) is 1. The standard InChI is InChI=1S/C24H22ClN3O3/c25-19-5-1-17(2-6-19)24(30)28-20-7-3-16-4-8-21(13-18(16)12-20)31-14-15-9-10-27-22(11-15)23(26)29/h1-2,4-6,8-11,13,20H,3,7,12,14H2,(H2,26,29)(H,28,30). The van der Waals surface area contributed by atoms with Gasteiger partial charge in [-0.1, -0.05) is 17.7 Å². The number of nitrogens with two attached hydrogens (primary N) is 1. The van der Waals surface area contributed by atoms with Crippen molar-refractivity contribution in [1.29, 1.82) is 0 Å². The minimum Gasteiger partial charge on any atom is -0.489 e. The molecule has 2 amide bonds. The Morgan fingerprint density at radius 2 is 1.90 bits per heavy atom. The van der Waals surface area contributed by atoms with Gasteiger partial charge in [-0.25, -0.2) is 0 Å². The Labute approximate surface area is 185 Å². The molecule has 0 radical (unpaired) electrons. The highest BCUT2D eigenvalue weighted by Gasteiger charge is 2.21. The number of hydrogen-bond donors (Lipinski definition) is 2. The first-order chi connectivity index (χ1) is 15.0. The molecule has 0 saturated heterocycles. The normalized spacial score (nSPS) is 15.1. The van der Waals surface area contributed by atoms with E-state index in [2.05, 4.69) is 16.4 Å². The van der Waals surface area contributed by atoms with E-state index in [1.165, 1.54) is 5.56 Å². The third kappa shape index (κ3) is 5.22. The third-order valence-corrected chi connectivity index (χ3v) is 5.58. The highest BCUT2D eigenvalue weighted by atomic mass is 35.5. The molecule has 0 bridgehead atoms. The number of nitrogens with one attached hydrogen (secondary N) is 1. The summed E-state index contributed by atoms with van der Waals surface area (Å²) in [6.07, 6.45) is 4.07. The number of aromatic nitrogens is 1. The Morgan fingerprint density at radius 3 is 2.68 bits per heavy atom. The Bertz CT molecular complexity index is 1120. The van der Waals surface area contributed by atoms with Crippen molar-refractivity contribution in [2.24, 2.45) is 5.73 Å². The van der Waals surface area contributed by atoms with Crippen molar-refractivity contribution in [3.8, 4) is 5.75 Å². The van der Waals surface area contributed by atoms with Crippen LogP contribution >= 0.6 is 11.6 Å². The van der Waals surface area contributed by atoms with E-state index in [-0.39, 0.29) is 17.6 Å². The molecule has 3 aromatic rings. The first kappa shape index (κ1) is 20.9. The van der Waals surface area contributed by atoms with Gasteiger partial charge in [0.1, 0.15) is 18.1 Å². The first-order valence-electron chi connectivity index (χ1n) is 10.0. The number of hydrogen-bond acceptors (Lipinski definition) is 4. The summed E-state index contributed by atoms with van der Waals surface area (Å²) >= 11 is 5.90. The van der Waals surface area contributed by atoms with E-state index >= 15 is 0 Å². The maximum atomic E-state index is 12.5. The fourth-order valence-corrected chi connectivity index (χ4v) is 3.81. The molecule has 0 fully saturated rings. The molecule has 1 atom stereocenters. The van der Waals surface area contributed by atoms with Gasteiger partial charge >= 0.3 is 0 Å². The molecule has 0 spiro atoms. The zero-order valence-electron chi connectivity index (χ0n) is 16.8. The number of primary amides is 1. The van der Waals surface area contributed by atoms with Crippen LogP contribution in [-0.4, -0.2) is 22.8 Å². The van der Waals surface area contributed by atoms with E-state index in [0.717, 1.165) is 36.1 Å². The van der Waals surface area contributed by atoms with Gasteiger partial charge in [0, 0.05) is 22.8 Å². The van der Waals surface area contributed by atoms with Gasteiger partial charge in [-0.05, 0) is 84.5 Å². The van der Waals surface area contributed by atoms with E-state index in [1.54, 1.807) is 42.6 Å². The van der Waals surface area contributed by atoms with Gasteiger partial charge in [0.05, 0.1) is 0 Å². The number of rotatable bonds is 6. The molecule has 31 heavy (non-hydrogen) atoms. The lowest BCUT2D eigenvalue weighted by Crippen LogP contribution is -2.38. The van der Waals surface area contributed by atoms with Crippen LogP contribution in [0, 0.1) is 0 Å². The lowest BCUT2D eigenvalue weighted by molar-refractivity contribution is 0.0932. The predicted octanol–water partition coefficient (Wildman–Crippen LogP) is 3.70. The molecule has 1 unspecified atom stereocenters. The molecule has 2 aromatic carbocycles. The SMILES string of the molecule is NC(=O)c1cc(COc2ccc3c(c2)CC(NC(=O)c2ccc(Cl)cc2)CC3)ccn1. The topological polar surface area (TPSA) is 94.3 Å². The second kappa shape index (κ2) is 9.18. The number of amides is 2. The fraction of sp³-hybridized carbons (Fsp3) is 0.208. The van der Waals surface area contributed by atoms with E-state index in [9.17, 15) is 9.59 Å². The minimum absolute atomic E-state index is 0.0595. The Hall–Kier alpha value is -3.38. The summed E-state index contributed by atoms with van der Waals surface area (Å²) in [6.45, 7) is 0.304. The maximum absolute atomic E-state index is 12.5. The summed E-state index contributed by atoms with van der Waals surface area (Å²) in [5.74, 6) is 0.0728. The van der Waals surface area contributed by atoms with Crippen molar-refractivity contribution in [3.63, 3.8) is 0 Å². The number of carbonyl (C=O) groups is 2. The van der Waals surface area contributed by atoms with Gasteiger partial charge in [-0.2, -0.15) is 0 Å². The quantitative estimate of drug-likeness (QED) is 0.617. The van der Waals surface area contributed by atoms with Gasteiger partial charge in [-0.15, -0.1) is 0 Å². The van der Waals surface area contributed by atoms with E-state index in [0.29, 0.717) is 17.2 Å². The van der Waals surface area contributed by atoms with Crippen LogP contribution in [0.5, 0.6) is 5.75 Å². The fourth-order valence-electron chi connectivity index (χ4n) is 3.68. The number of pyridine rings is 1. The average Bonchev–Trinajstić information content (AvgIpc) is 2.78. The Kier molecular flexibility index (Phi) is 6.18. The Morgan fingerprint density at radius 1 is 1.10 bits per heavy atom. The lowest BCUT2D eigenvalue weighted by Gasteiger charge is -2.26. The summed E-state index contributed by atoms with van der Waals surface area (Å²) in [5, 5.41) is 3.72. The molecule has 3 N–H and O–H groups in total. The number of fused-ring (bicyclic) bond motifs is 1. The number of nitrogens with zero attached hydrogens (tertiary/aromatic N) is 1. The van der Waals surface area contributed by atoms with Crippen molar-refractivity contribution in [1.82, 2.24) is 10.3 Å². The van der Waals surface area contributed by atoms with Crippen LogP contribution in [0.2, 0.25) is 5.02 Å². The van der Waals surface area contributed by atoms with Crippen molar-refractivity contribution in [2.45, 2.75) is 31.9 Å². The maximum Gasteiger partial charge on any atom is 0.267 e. The summed E-state index contributed by atoms with van der Waals surface area (Å²) in [4.78, 5) is 27.7. The molecule has 1 heterocycles. The van der Waals surface area contributed by atoms with Crippen LogP contribution in [-0.2, 0) is 19.4 Å². The molecular formula is C24H22ClN3O3. The van der Waals surface area contributed by atoms with Crippen molar-refractivity contribution < 1.29 is 14.3 Å². The molecule has 0 saturated carbocycles. The summed E-state index contributed by atoms with van der Waals surface area (Å²) in [7, 11) is 0. The van der Waals surface area contributed by atoms with Crippen LogP contribution in [0.1, 0.15) is 44.0 Å². The zero-order chi connectivity index (χ0) is 21.8. The second-order valence-electron chi connectivity index (χ2n) is 7.55. The molecule has 6 nitrogen and oxygen atoms in total. The average molecular weight is 436 g/mol. The van der Waals surface area contributed by atoms with Crippen LogP contribution in [0.4, 0.5) is 0 Å². The molecule has 1 aromatic heterocycles. The van der Waals surface area contributed by atoms with Crippen LogP contribution < -0.4 is 15.8 Å². The van der Waals surface area contributed by atoms with E-state index in [4.69, 9.17) is 22.1 Å². The van der Waals surface area contributed by atoms with Crippen molar-refractivity contribution in [3.05, 3.63) is 93.8 Å². The number of benzene rings is 2. The van der Waals surface area contributed by atoms with Gasteiger partial charge < -0.3 is 15.8 Å². The highest BCUT2D eigenvalue weighted by Crippen LogP contribution is 2.26. The minimum atomic E-state index is -0.567. The van der Waals surface area contributed by atoms with Crippen LogP contribution in [0.25, 0.3) is 0 Å². The highest BCUT2D eigenvalue weighted by molar-refractivity contribution is 6.30. The molecule has 4 rings (SSSR count). The van der Waals surface area contributed by atoms with E-state index in [1.807, 2.05) is 12.1 Å². The molecule has 7 heteroatoms. The molecule has 0 aliphatic heterocycles. The summed E-state index contributed by atoms with van der Waals surface area (Å²) in [5.41, 5.74) is 9.34. The lowest BCUT2D eigenvalue weighted by atomic mass is 9.88. The monoisotopic (exact) mass is 435 g/mol. The van der Waals surface area contributed by atoms with Gasteiger partial charge in [-0.3, -0.25) is 14.6 Å². The van der Waals surface area contributed by atoms with Crippen LogP contribution in [0.15, 0.2) is 60.8 Å². The number of aryl methyl sites for hydroxylation is 1. The number of halogens is 1. The molecule has 1 aliphatic rings. The smallest absolute Gasteiger partial charge is 0.267 e. The van der Waals surface area contributed by atoms with Crippen LogP contribution in [0.3, 0.4) is 0 Å². The van der Waals surface area contributed by atoms with E-state index < -0.39 is 5.91 Å². The second-order valence-corrected chi connectivity index (χ2v) is 7.99. The third-order valence-electron chi connectivity index (χ3n) is 5.33. The predicted molar refractivity (Wildman–Crippen MR) is 118 cm³/mol. The zero-order valence-corrected chi connectivity index (χ0v) is 17.6. The number of carbonyl (C=O) groups excluding carboxylic acids is 2. The summed E-state index contributed by atoms with van der Waals surface area (Å²) < 4.78 is 5.91. The van der Waals surface area contributed by atoms with Gasteiger partial charge in [0.25, 0.3) is 11.8 Å². The summed E-state index contributed by atoms with van der Waals surface area (Å²) in [6, 6.07) is 16.4. The first-order valence-corrected chi connectivity index (χ1v) is 10.4. The van der Waals surface area contributed by atoms with Gasteiger partial charge in [0.2, 0.25) is 0 Å². The molecule has 1 aliphatic carbocycles. The van der Waals surface area contributed by atoms with Crippen molar-refractivity contribution >= 4 is 23.4 Å². The molecule has 158 valence electrons.